The maximum absolute atomic E-state index is 12.1. The van der Waals surface area contributed by atoms with Crippen molar-refractivity contribution in [2.24, 2.45) is 0 Å². The fourth-order valence-electron chi connectivity index (χ4n) is 2.70. The van der Waals surface area contributed by atoms with Crippen LogP contribution in [-0.4, -0.2) is 30.7 Å². The highest BCUT2D eigenvalue weighted by atomic mass is 16.2. The molecule has 0 atom stereocenters. The minimum atomic E-state index is -0.198. The van der Waals surface area contributed by atoms with Gasteiger partial charge in [0, 0.05) is 37.1 Å². The van der Waals surface area contributed by atoms with E-state index in [0.717, 1.165) is 5.56 Å². The summed E-state index contributed by atoms with van der Waals surface area (Å²) in [6.45, 7) is 6.83. The van der Waals surface area contributed by atoms with Crippen molar-refractivity contribution in [3.8, 4) is 0 Å². The van der Waals surface area contributed by atoms with Crippen LogP contribution in [0.5, 0.6) is 0 Å². The number of carbonyl (C=O) groups is 3. The predicted molar refractivity (Wildman–Crippen MR) is 111 cm³/mol. The van der Waals surface area contributed by atoms with Gasteiger partial charge in [0.15, 0.2) is 5.78 Å². The summed E-state index contributed by atoms with van der Waals surface area (Å²) in [4.78, 5) is 36.0. The Morgan fingerprint density at radius 1 is 0.786 bits per heavy atom. The van der Waals surface area contributed by atoms with E-state index in [0.29, 0.717) is 30.1 Å². The molecule has 0 radical (unpaired) electrons. The first kappa shape index (κ1) is 21.4. The molecule has 2 aromatic carbocycles. The lowest BCUT2D eigenvalue weighted by molar-refractivity contribution is -0.121. The minimum Gasteiger partial charge on any atom is -0.354 e. The number of nitrogens with one attached hydrogen (secondary N) is 2. The molecular weight excluding hydrogens is 352 g/mol. The number of ketones is 1. The molecule has 2 amide bonds. The second-order valence-corrected chi connectivity index (χ2v) is 7.17. The van der Waals surface area contributed by atoms with Gasteiger partial charge in [-0.3, -0.25) is 14.4 Å². The van der Waals surface area contributed by atoms with Gasteiger partial charge in [0.1, 0.15) is 0 Å². The molecule has 0 heterocycles. The average molecular weight is 380 g/mol. The van der Waals surface area contributed by atoms with E-state index < -0.39 is 0 Å². The van der Waals surface area contributed by atoms with Crippen LogP contribution in [0.15, 0.2) is 48.5 Å². The van der Waals surface area contributed by atoms with Crippen molar-refractivity contribution < 1.29 is 14.4 Å². The normalized spacial score (nSPS) is 10.6. The lowest BCUT2D eigenvalue weighted by Gasteiger charge is -2.09. The third-order valence-corrected chi connectivity index (χ3v) is 4.52. The first-order valence-electron chi connectivity index (χ1n) is 9.61. The number of hydrogen-bond donors (Lipinski definition) is 2. The van der Waals surface area contributed by atoms with E-state index in [2.05, 4.69) is 24.5 Å². The predicted octanol–water partition coefficient (Wildman–Crippen LogP) is 3.63. The summed E-state index contributed by atoms with van der Waals surface area (Å²) in [5.41, 5.74) is 3.49. The van der Waals surface area contributed by atoms with Crippen LogP contribution in [-0.2, 0) is 4.79 Å². The van der Waals surface area contributed by atoms with E-state index in [-0.39, 0.29) is 30.4 Å². The molecule has 0 aliphatic rings. The van der Waals surface area contributed by atoms with E-state index in [4.69, 9.17) is 0 Å². The number of aryl methyl sites for hydroxylation is 1. The van der Waals surface area contributed by atoms with E-state index in [1.807, 2.05) is 31.2 Å². The van der Waals surface area contributed by atoms with Gasteiger partial charge in [-0.25, -0.2) is 0 Å². The molecule has 0 saturated heterocycles. The van der Waals surface area contributed by atoms with Crippen LogP contribution < -0.4 is 10.6 Å². The zero-order chi connectivity index (χ0) is 20.5. The van der Waals surface area contributed by atoms with Gasteiger partial charge in [0.05, 0.1) is 0 Å². The summed E-state index contributed by atoms with van der Waals surface area (Å²) in [7, 11) is 0. The summed E-state index contributed by atoms with van der Waals surface area (Å²) >= 11 is 0. The van der Waals surface area contributed by atoms with Crippen molar-refractivity contribution in [1.82, 2.24) is 10.6 Å². The highest BCUT2D eigenvalue weighted by Gasteiger charge is 2.10. The smallest absolute Gasteiger partial charge is 0.251 e. The molecule has 0 aromatic heterocycles. The maximum Gasteiger partial charge on any atom is 0.251 e. The Morgan fingerprint density at radius 2 is 1.36 bits per heavy atom. The highest BCUT2D eigenvalue weighted by Crippen LogP contribution is 2.14. The van der Waals surface area contributed by atoms with E-state index in [1.165, 1.54) is 5.56 Å². The third kappa shape index (κ3) is 6.65. The molecule has 2 N–H and O–H groups in total. The summed E-state index contributed by atoms with van der Waals surface area (Å²) < 4.78 is 0. The van der Waals surface area contributed by atoms with Crippen LogP contribution in [0.1, 0.15) is 64.4 Å². The Balaban J connectivity index is 1.65. The number of rotatable bonds is 9. The Kier molecular flexibility index (Phi) is 7.93. The minimum absolute atomic E-state index is 0.0479. The molecule has 28 heavy (non-hydrogen) atoms. The van der Waals surface area contributed by atoms with Gasteiger partial charge in [0.25, 0.3) is 5.91 Å². The quantitative estimate of drug-likeness (QED) is 0.515. The van der Waals surface area contributed by atoms with Crippen molar-refractivity contribution in [3.05, 3.63) is 70.8 Å². The zero-order valence-electron chi connectivity index (χ0n) is 16.7. The second-order valence-electron chi connectivity index (χ2n) is 7.17. The van der Waals surface area contributed by atoms with Crippen molar-refractivity contribution in [2.45, 2.75) is 39.5 Å². The molecule has 0 spiro atoms. The van der Waals surface area contributed by atoms with Crippen molar-refractivity contribution in [3.63, 3.8) is 0 Å². The fraction of sp³-hybridized carbons (Fsp3) is 0.348. The largest absolute Gasteiger partial charge is 0.354 e. The van der Waals surface area contributed by atoms with E-state index >= 15 is 0 Å². The van der Waals surface area contributed by atoms with Crippen molar-refractivity contribution in [1.29, 1.82) is 0 Å². The van der Waals surface area contributed by atoms with Gasteiger partial charge in [-0.15, -0.1) is 0 Å². The Labute approximate surface area is 166 Å². The second kappa shape index (κ2) is 10.4. The molecule has 0 bridgehead atoms. The summed E-state index contributed by atoms with van der Waals surface area (Å²) in [5, 5.41) is 5.50. The number of Topliss-reactive ketones (excluding diaryl/α,β-unsaturated/α-hetero) is 1. The molecule has 0 aliphatic carbocycles. The molecule has 0 unspecified atom stereocenters. The fourth-order valence-corrected chi connectivity index (χ4v) is 2.70. The molecule has 0 fully saturated rings. The molecule has 2 aromatic rings. The topological polar surface area (TPSA) is 75.3 Å². The van der Waals surface area contributed by atoms with Gasteiger partial charge in [0.2, 0.25) is 5.91 Å². The molecule has 5 heteroatoms. The van der Waals surface area contributed by atoms with E-state index in [1.54, 1.807) is 24.3 Å². The van der Waals surface area contributed by atoms with Gasteiger partial charge in [-0.1, -0.05) is 55.8 Å². The first-order chi connectivity index (χ1) is 13.4. The lowest BCUT2D eigenvalue weighted by atomic mass is 10.0. The number of hydrogen-bond acceptors (Lipinski definition) is 3. The SMILES string of the molecule is Cc1ccc(C(=O)CCC(=O)NCCNC(=O)c2ccc(C(C)C)cc2)cc1. The van der Waals surface area contributed by atoms with Gasteiger partial charge in [-0.2, -0.15) is 0 Å². The summed E-state index contributed by atoms with van der Waals surface area (Å²) in [6.07, 6.45) is 0.306. The van der Waals surface area contributed by atoms with Gasteiger partial charge in [-0.05, 0) is 30.5 Å². The van der Waals surface area contributed by atoms with Crippen molar-refractivity contribution >= 4 is 17.6 Å². The molecule has 0 aliphatic heterocycles. The van der Waals surface area contributed by atoms with Crippen LogP contribution in [0.3, 0.4) is 0 Å². The Hall–Kier alpha value is -2.95. The third-order valence-electron chi connectivity index (χ3n) is 4.52. The maximum atomic E-state index is 12.1. The average Bonchev–Trinajstić information content (AvgIpc) is 2.69. The van der Waals surface area contributed by atoms with Crippen molar-refractivity contribution in [2.75, 3.05) is 13.1 Å². The van der Waals surface area contributed by atoms with Gasteiger partial charge >= 0.3 is 0 Å². The molecular formula is C23H28N2O3. The molecule has 2 rings (SSSR count). The van der Waals surface area contributed by atoms with Crippen LogP contribution in [0.2, 0.25) is 0 Å². The molecule has 0 saturated carbocycles. The van der Waals surface area contributed by atoms with Gasteiger partial charge < -0.3 is 10.6 Å². The van der Waals surface area contributed by atoms with Crippen LogP contribution in [0.4, 0.5) is 0 Å². The lowest BCUT2D eigenvalue weighted by Crippen LogP contribution is -2.34. The van der Waals surface area contributed by atoms with Crippen LogP contribution in [0, 0.1) is 6.92 Å². The Bertz CT molecular complexity index is 809. The number of amides is 2. The van der Waals surface area contributed by atoms with Crippen LogP contribution in [0.25, 0.3) is 0 Å². The summed E-state index contributed by atoms with van der Waals surface area (Å²) in [5.74, 6) is 0.00797. The first-order valence-corrected chi connectivity index (χ1v) is 9.61. The standard InChI is InChI=1S/C23H28N2O3/c1-16(2)18-8-10-20(11-9-18)23(28)25-15-14-24-22(27)13-12-21(26)19-6-4-17(3)5-7-19/h4-11,16H,12-15H2,1-3H3,(H,24,27)(H,25,28). The monoisotopic (exact) mass is 380 g/mol. The summed E-state index contributed by atoms with van der Waals surface area (Å²) in [6, 6.07) is 14.8. The molecule has 148 valence electrons. The zero-order valence-corrected chi connectivity index (χ0v) is 16.7. The van der Waals surface area contributed by atoms with E-state index in [9.17, 15) is 14.4 Å². The number of benzene rings is 2. The Morgan fingerprint density at radius 3 is 1.96 bits per heavy atom. The molecule has 5 nitrogen and oxygen atoms in total. The van der Waals surface area contributed by atoms with Crippen LogP contribution >= 0.6 is 0 Å². The highest BCUT2D eigenvalue weighted by molar-refractivity contribution is 5.98. The number of carbonyl (C=O) groups excluding carboxylic acids is 3.